The molecular weight excluding hydrogens is 715 g/mol. The van der Waals surface area contributed by atoms with Gasteiger partial charge in [-0.05, 0) is 22.4 Å². The molecule has 1 saturated heterocycles. The predicted octanol–water partition coefficient (Wildman–Crippen LogP) is 2.80. The molecule has 0 bridgehead atoms. The second-order valence-corrected chi connectivity index (χ2v) is 14.5. The number of halogens is 2. The number of aryl methyl sites for hydroxylation is 2. The van der Waals surface area contributed by atoms with Crippen molar-refractivity contribution in [3.8, 4) is 17.2 Å². The number of methoxy groups -OCH3 is 2. The highest BCUT2D eigenvalue weighted by atomic mass is 35.5. The lowest BCUT2D eigenvalue weighted by molar-refractivity contribution is -0.137. The highest BCUT2D eigenvalue weighted by Gasteiger charge is 2.75. The Balaban J connectivity index is 1.25. The van der Waals surface area contributed by atoms with Gasteiger partial charge in [0.2, 0.25) is 0 Å². The molecule has 3 aliphatic rings. The molecule has 268 valence electrons. The fraction of sp³-hybridized carbons (Fsp3) is 0.333. The van der Waals surface area contributed by atoms with Crippen molar-refractivity contribution < 1.29 is 24.2 Å². The van der Waals surface area contributed by atoms with Crippen molar-refractivity contribution in [2.75, 3.05) is 21.3 Å². The number of allylic oxidation sites excluding steroid dienone is 2. The number of alkyl halides is 2. The summed E-state index contributed by atoms with van der Waals surface area (Å²) in [5, 5.41) is 12.7. The van der Waals surface area contributed by atoms with E-state index in [0.717, 1.165) is 14.9 Å². The maximum absolute atomic E-state index is 14.3. The first-order chi connectivity index (χ1) is 24.8. The number of benzene rings is 3. The topological polar surface area (TPSA) is 160 Å². The van der Waals surface area contributed by atoms with Crippen LogP contribution in [0.15, 0.2) is 74.6 Å². The zero-order valence-electron chi connectivity index (χ0n) is 28.4. The van der Waals surface area contributed by atoms with E-state index in [1.165, 1.54) is 41.3 Å². The molecule has 8 rings (SSSR count). The minimum Gasteiger partial charge on any atom is -0.508 e. The molecule has 5 aromatic rings. The van der Waals surface area contributed by atoms with E-state index in [4.69, 9.17) is 32.7 Å². The van der Waals surface area contributed by atoms with Crippen LogP contribution >= 0.6 is 23.2 Å². The van der Waals surface area contributed by atoms with E-state index in [-0.39, 0.29) is 42.9 Å². The first kappa shape index (κ1) is 33.8. The number of phenols is 1. The number of aromatic nitrogens is 5. The number of imide groups is 1. The third kappa shape index (κ3) is 4.30. The Morgan fingerprint density at radius 2 is 1.65 bits per heavy atom. The molecule has 16 heteroatoms. The van der Waals surface area contributed by atoms with Gasteiger partial charge in [0.15, 0.2) is 21.2 Å². The lowest BCUT2D eigenvalue weighted by atomic mass is 9.63. The number of rotatable bonds is 6. The van der Waals surface area contributed by atoms with Gasteiger partial charge in [-0.3, -0.25) is 19.3 Å². The quantitative estimate of drug-likeness (QED) is 0.157. The molecule has 0 radical (unpaired) electrons. The van der Waals surface area contributed by atoms with Gasteiger partial charge in [0.05, 0.1) is 37.8 Å². The van der Waals surface area contributed by atoms with Gasteiger partial charge in [-0.15, -0.1) is 23.2 Å². The highest BCUT2D eigenvalue weighted by molar-refractivity contribution is 6.53. The summed E-state index contributed by atoms with van der Waals surface area (Å²) in [6.45, 7) is -0.264. The lowest BCUT2D eigenvalue weighted by Crippen LogP contribution is -2.59. The molecule has 1 saturated carbocycles. The van der Waals surface area contributed by atoms with E-state index in [2.05, 4.69) is 4.98 Å². The number of phenolic OH excluding ortho intramolecular Hbond substituents is 1. The van der Waals surface area contributed by atoms with Crippen LogP contribution in [0.5, 0.6) is 17.2 Å². The number of ether oxygens (including phenoxy) is 2. The average molecular weight is 748 g/mol. The minimum absolute atomic E-state index is 0.0599. The summed E-state index contributed by atoms with van der Waals surface area (Å²) in [4.78, 5) is 70.7. The molecule has 1 N–H and O–H groups in total. The molecule has 52 heavy (non-hydrogen) atoms. The van der Waals surface area contributed by atoms with Gasteiger partial charge < -0.3 is 19.1 Å². The molecule has 14 nitrogen and oxygen atoms in total. The van der Waals surface area contributed by atoms with Crippen molar-refractivity contribution in [1.29, 1.82) is 0 Å². The standard InChI is InChI=1S/C36H32Cl2N6O8/c1-40-23-16-27(52-4)26(51-3)15-22(23)39-21(30(40)46)12-13-42-33(49)43-14-11-20-24(44(43)34(42)50)17-35(37)31(47)41(2)32(48)36(35,38)29(20)28-19-8-6-5-7-18(19)9-10-25(28)45/h5-11,15-16,24,29,45H,12-14,17H2,1-4H3/t24-,29-,35-,36+/m1/s1. The Kier molecular flexibility index (Phi) is 7.53. The van der Waals surface area contributed by atoms with E-state index in [9.17, 15) is 29.1 Å². The molecule has 0 unspecified atom stereocenters. The summed E-state index contributed by atoms with van der Waals surface area (Å²) in [7, 11) is 5.86. The van der Waals surface area contributed by atoms with Crippen molar-refractivity contribution in [3.63, 3.8) is 0 Å². The predicted molar refractivity (Wildman–Crippen MR) is 192 cm³/mol. The van der Waals surface area contributed by atoms with Crippen molar-refractivity contribution in [1.82, 2.24) is 28.4 Å². The first-order valence-electron chi connectivity index (χ1n) is 16.4. The number of hydrogen-bond donors (Lipinski definition) is 1. The van der Waals surface area contributed by atoms with Crippen LogP contribution in [0.3, 0.4) is 0 Å². The summed E-state index contributed by atoms with van der Waals surface area (Å²) < 4.78 is 15.7. The van der Waals surface area contributed by atoms with E-state index in [1.54, 1.807) is 43.5 Å². The van der Waals surface area contributed by atoms with Gasteiger partial charge in [0.25, 0.3) is 17.4 Å². The van der Waals surface area contributed by atoms with Crippen LogP contribution in [0.25, 0.3) is 21.8 Å². The lowest BCUT2D eigenvalue weighted by Gasteiger charge is -2.49. The normalized spacial score (nSPS) is 23.8. The SMILES string of the molecule is COc1cc2nc(CCn3c(=O)n4n(c3=O)[C@@H]3C[C@@]5(Cl)C(=O)N(C)C(=O)[C@@]5(Cl)[C@@H](c5c(O)ccc6ccccc56)C3=CC4)c(=O)n(C)c2cc1OC. The number of nitrogens with zero attached hydrogens (tertiary/aromatic N) is 6. The number of carbonyl (C=O) groups excluding carboxylic acids is 2. The zero-order chi connectivity index (χ0) is 37.0. The van der Waals surface area contributed by atoms with Gasteiger partial charge in [0, 0.05) is 57.1 Å². The molecule has 1 aliphatic carbocycles. The summed E-state index contributed by atoms with van der Waals surface area (Å²) in [5.74, 6) is -1.99. The minimum atomic E-state index is -2.08. The van der Waals surface area contributed by atoms with E-state index < -0.39 is 50.5 Å². The second kappa shape index (κ2) is 11.6. The fourth-order valence-electron chi connectivity index (χ4n) is 8.24. The van der Waals surface area contributed by atoms with Gasteiger partial charge in [0.1, 0.15) is 11.4 Å². The molecule has 2 aromatic heterocycles. The second-order valence-electron chi connectivity index (χ2n) is 13.3. The number of hydrogen-bond acceptors (Lipinski definition) is 9. The summed E-state index contributed by atoms with van der Waals surface area (Å²) in [6, 6.07) is 12.7. The number of amides is 2. The average Bonchev–Trinajstić information content (AvgIpc) is 3.46. The molecule has 2 amide bonds. The largest absolute Gasteiger partial charge is 0.508 e. The number of likely N-dealkylation sites (tertiary alicyclic amines) is 1. The Bertz CT molecular complexity index is 2620. The van der Waals surface area contributed by atoms with Crippen LogP contribution in [0.4, 0.5) is 0 Å². The van der Waals surface area contributed by atoms with Crippen LogP contribution in [-0.4, -0.2) is 76.3 Å². The van der Waals surface area contributed by atoms with E-state index in [1.807, 2.05) is 12.1 Å². The van der Waals surface area contributed by atoms with Gasteiger partial charge in [-0.1, -0.05) is 36.4 Å². The third-order valence-corrected chi connectivity index (χ3v) is 12.2. The van der Waals surface area contributed by atoms with Crippen molar-refractivity contribution in [2.45, 2.75) is 47.6 Å². The molecule has 4 heterocycles. The monoisotopic (exact) mass is 746 g/mol. The van der Waals surface area contributed by atoms with Crippen LogP contribution < -0.4 is 26.4 Å². The number of aromatic hydroxyl groups is 1. The molecule has 2 aliphatic heterocycles. The van der Waals surface area contributed by atoms with Crippen molar-refractivity contribution >= 4 is 56.8 Å². The molecule has 4 atom stereocenters. The number of fused-ring (bicyclic) bond motifs is 6. The van der Waals surface area contributed by atoms with E-state index >= 15 is 0 Å². The van der Waals surface area contributed by atoms with Crippen LogP contribution in [0, 0.1) is 0 Å². The Morgan fingerprint density at radius 1 is 0.942 bits per heavy atom. The summed E-state index contributed by atoms with van der Waals surface area (Å²) in [5.41, 5.74) is 0.0406. The molecule has 0 spiro atoms. The van der Waals surface area contributed by atoms with Crippen molar-refractivity contribution in [2.24, 2.45) is 7.05 Å². The van der Waals surface area contributed by atoms with E-state index in [0.29, 0.717) is 33.5 Å². The summed E-state index contributed by atoms with van der Waals surface area (Å²) in [6.07, 6.45) is 1.36. The van der Waals surface area contributed by atoms with Gasteiger partial charge >= 0.3 is 11.4 Å². The fourth-order valence-corrected chi connectivity index (χ4v) is 9.22. The Labute approximate surface area is 304 Å². The summed E-state index contributed by atoms with van der Waals surface area (Å²) >= 11 is 14.6. The number of carbonyl (C=O) groups is 2. The van der Waals surface area contributed by atoms with Gasteiger partial charge in [-0.2, -0.15) is 0 Å². The molecular formula is C36H32Cl2N6O8. The van der Waals surface area contributed by atoms with Crippen molar-refractivity contribution in [3.05, 3.63) is 103 Å². The van der Waals surface area contributed by atoms with Gasteiger partial charge in [-0.25, -0.2) is 28.5 Å². The smallest absolute Gasteiger partial charge is 0.347 e. The van der Waals surface area contributed by atoms with Crippen LogP contribution in [-0.2, 0) is 36.1 Å². The molecule has 2 fully saturated rings. The highest BCUT2D eigenvalue weighted by Crippen LogP contribution is 2.64. The maximum Gasteiger partial charge on any atom is 0.347 e. The first-order valence-corrected chi connectivity index (χ1v) is 17.2. The Hall–Kier alpha value is -5.34. The molecule has 3 aromatic carbocycles. The van der Waals surface area contributed by atoms with Crippen LogP contribution in [0.1, 0.15) is 29.6 Å². The van der Waals surface area contributed by atoms with Crippen LogP contribution in [0.2, 0.25) is 0 Å². The zero-order valence-corrected chi connectivity index (χ0v) is 29.9. The third-order valence-electron chi connectivity index (χ3n) is 10.8. The maximum atomic E-state index is 14.3. The Morgan fingerprint density at radius 3 is 2.38 bits per heavy atom.